The molecule has 35 heavy (non-hydrogen) atoms. The number of morpholine rings is 1. The van der Waals surface area contributed by atoms with Crippen LogP contribution in [0.4, 0.5) is 4.39 Å². The maximum absolute atomic E-state index is 13.6. The van der Waals surface area contributed by atoms with Gasteiger partial charge < -0.3 is 24.1 Å². The second kappa shape index (κ2) is 10.0. The molecule has 9 nitrogen and oxygen atoms in total. The lowest BCUT2D eigenvalue weighted by atomic mass is 9.90. The number of rotatable bonds is 5. The van der Waals surface area contributed by atoms with Gasteiger partial charge in [0.15, 0.2) is 11.0 Å². The van der Waals surface area contributed by atoms with E-state index in [0.29, 0.717) is 54.4 Å². The van der Waals surface area contributed by atoms with Gasteiger partial charge in [-0.1, -0.05) is 11.8 Å². The van der Waals surface area contributed by atoms with Crippen LogP contribution in [-0.4, -0.2) is 76.5 Å². The molecule has 0 spiro atoms. The predicted octanol–water partition coefficient (Wildman–Crippen LogP) is 3.31. The number of amides is 1. The first-order valence-electron chi connectivity index (χ1n) is 11.3. The van der Waals surface area contributed by atoms with Gasteiger partial charge in [-0.3, -0.25) is 4.79 Å². The molecule has 0 unspecified atom stereocenters. The third-order valence-corrected chi connectivity index (χ3v) is 6.62. The number of thioether (sulfide) groups is 1. The summed E-state index contributed by atoms with van der Waals surface area (Å²) in [6.07, 6.45) is 2.80. The van der Waals surface area contributed by atoms with Gasteiger partial charge in [0.1, 0.15) is 5.82 Å². The number of nitrogens with one attached hydrogen (secondary N) is 1. The highest BCUT2D eigenvalue weighted by Crippen LogP contribution is 2.36. The van der Waals surface area contributed by atoms with Crippen molar-refractivity contribution in [2.24, 2.45) is 5.41 Å². The maximum Gasteiger partial charge on any atom is 0.233 e. The lowest BCUT2D eigenvalue weighted by Crippen LogP contribution is -2.53. The topological polar surface area (TPSA) is 102 Å². The highest BCUT2D eigenvalue weighted by atomic mass is 32.2. The van der Waals surface area contributed by atoms with Crippen molar-refractivity contribution >= 4 is 17.7 Å². The molecule has 0 radical (unpaired) electrons. The van der Waals surface area contributed by atoms with E-state index in [4.69, 9.17) is 19.2 Å². The molecule has 2 saturated heterocycles. The summed E-state index contributed by atoms with van der Waals surface area (Å²) in [7, 11) is 0. The van der Waals surface area contributed by atoms with Crippen molar-refractivity contribution in [3.63, 3.8) is 0 Å². The van der Waals surface area contributed by atoms with Crippen LogP contribution >= 0.6 is 11.8 Å². The molecule has 1 amide bonds. The van der Waals surface area contributed by atoms with Crippen LogP contribution in [0.3, 0.4) is 0 Å². The minimum absolute atomic E-state index is 0.00281. The molecular formula is C24H26FN5O4S. The molecule has 0 atom stereocenters. The molecule has 0 bridgehead atoms. The molecule has 2 aliphatic heterocycles. The van der Waals surface area contributed by atoms with E-state index in [1.165, 1.54) is 23.9 Å². The standard InChI is InChI=1S/C24H26FN5O4S/c1-24(22(31)30-9-11-32-12-10-30)13-33-21(34-14-24)20-28-18(15-3-5-16(25)6-4-15)19(29-20)17-7-8-26-23(27-17)35-2/h3-8,21H,9-14H2,1-2H3,(H,28,29). The van der Waals surface area contributed by atoms with E-state index in [1.54, 1.807) is 29.3 Å². The largest absolute Gasteiger partial charge is 0.378 e. The van der Waals surface area contributed by atoms with E-state index in [2.05, 4.69) is 15.0 Å². The first-order chi connectivity index (χ1) is 17.0. The molecule has 2 fully saturated rings. The number of carbonyl (C=O) groups is 1. The Morgan fingerprint density at radius 3 is 2.54 bits per heavy atom. The Morgan fingerprint density at radius 1 is 1.14 bits per heavy atom. The second-order valence-corrected chi connectivity index (χ2v) is 9.47. The number of halogens is 1. The SMILES string of the molecule is CSc1nccc(-c2[nH]c(C3OCC(C)(C(=O)N4CCOCC4)CO3)nc2-c2ccc(F)cc2)n1. The van der Waals surface area contributed by atoms with Crippen molar-refractivity contribution in [3.8, 4) is 22.6 Å². The summed E-state index contributed by atoms with van der Waals surface area (Å²) in [5, 5.41) is 0.617. The van der Waals surface area contributed by atoms with Crippen molar-refractivity contribution in [2.45, 2.75) is 18.4 Å². The number of benzene rings is 1. The van der Waals surface area contributed by atoms with Gasteiger partial charge in [-0.05, 0) is 43.5 Å². The monoisotopic (exact) mass is 499 g/mol. The smallest absolute Gasteiger partial charge is 0.233 e. The fourth-order valence-corrected chi connectivity index (χ4v) is 4.48. The lowest BCUT2D eigenvalue weighted by Gasteiger charge is -2.39. The van der Waals surface area contributed by atoms with Crippen LogP contribution in [0.15, 0.2) is 41.7 Å². The van der Waals surface area contributed by atoms with Crippen LogP contribution in [0.5, 0.6) is 0 Å². The molecule has 0 saturated carbocycles. The molecule has 1 aromatic carbocycles. The quantitative estimate of drug-likeness (QED) is 0.421. The summed E-state index contributed by atoms with van der Waals surface area (Å²) in [5.74, 6) is 0.113. The number of carbonyl (C=O) groups excluding carboxylic acids is 1. The predicted molar refractivity (Wildman–Crippen MR) is 127 cm³/mol. The minimum atomic E-state index is -0.789. The van der Waals surface area contributed by atoms with E-state index < -0.39 is 11.7 Å². The number of hydrogen-bond donors (Lipinski definition) is 1. The third-order valence-electron chi connectivity index (χ3n) is 6.06. The van der Waals surface area contributed by atoms with Crippen LogP contribution in [0.1, 0.15) is 19.0 Å². The van der Waals surface area contributed by atoms with Crippen LogP contribution < -0.4 is 0 Å². The molecule has 4 heterocycles. The van der Waals surface area contributed by atoms with Crippen LogP contribution in [0.25, 0.3) is 22.6 Å². The van der Waals surface area contributed by atoms with Gasteiger partial charge in [-0.2, -0.15) is 0 Å². The maximum atomic E-state index is 13.6. The van der Waals surface area contributed by atoms with Crippen molar-refractivity contribution in [1.82, 2.24) is 24.8 Å². The molecule has 184 valence electrons. The summed E-state index contributed by atoms with van der Waals surface area (Å²) in [6.45, 7) is 4.45. The number of aromatic nitrogens is 4. The number of nitrogens with zero attached hydrogens (tertiary/aromatic N) is 4. The average molecular weight is 500 g/mol. The summed E-state index contributed by atoms with van der Waals surface area (Å²) in [5.41, 5.74) is 1.81. The first-order valence-corrected chi connectivity index (χ1v) is 12.5. The Hall–Kier alpha value is -2.86. The van der Waals surface area contributed by atoms with Gasteiger partial charge in [-0.25, -0.2) is 19.3 Å². The number of ether oxygens (including phenoxy) is 3. The van der Waals surface area contributed by atoms with Crippen molar-refractivity contribution in [3.05, 3.63) is 48.2 Å². The molecule has 5 rings (SSSR count). The molecule has 2 aromatic heterocycles. The molecular weight excluding hydrogens is 473 g/mol. The summed E-state index contributed by atoms with van der Waals surface area (Å²) in [4.78, 5) is 31.7. The zero-order chi connectivity index (χ0) is 24.4. The lowest BCUT2D eigenvalue weighted by molar-refractivity contribution is -0.235. The summed E-state index contributed by atoms with van der Waals surface area (Å²) >= 11 is 1.43. The normalized spacial score (nSPS) is 22.8. The Balaban J connectivity index is 1.41. The van der Waals surface area contributed by atoms with E-state index in [-0.39, 0.29) is 24.9 Å². The van der Waals surface area contributed by atoms with Gasteiger partial charge in [0.2, 0.25) is 12.2 Å². The summed E-state index contributed by atoms with van der Waals surface area (Å²) < 4.78 is 30.9. The van der Waals surface area contributed by atoms with Crippen molar-refractivity contribution in [1.29, 1.82) is 0 Å². The molecule has 3 aromatic rings. The first kappa shape index (κ1) is 23.9. The Bertz CT molecular complexity index is 1190. The van der Waals surface area contributed by atoms with Gasteiger partial charge >= 0.3 is 0 Å². The summed E-state index contributed by atoms with van der Waals surface area (Å²) in [6, 6.07) is 7.88. The molecule has 0 aliphatic carbocycles. The van der Waals surface area contributed by atoms with Crippen molar-refractivity contribution < 1.29 is 23.4 Å². The highest BCUT2D eigenvalue weighted by Gasteiger charge is 2.43. The van der Waals surface area contributed by atoms with E-state index in [9.17, 15) is 9.18 Å². The molecule has 2 aliphatic rings. The Kier molecular flexibility index (Phi) is 6.83. The molecule has 1 N–H and O–H groups in total. The van der Waals surface area contributed by atoms with Crippen LogP contribution in [0.2, 0.25) is 0 Å². The number of hydrogen-bond acceptors (Lipinski definition) is 8. The fourth-order valence-electron chi connectivity index (χ4n) is 4.12. The number of aromatic amines is 1. The van der Waals surface area contributed by atoms with E-state index >= 15 is 0 Å². The van der Waals surface area contributed by atoms with Crippen molar-refractivity contribution in [2.75, 3.05) is 45.8 Å². The van der Waals surface area contributed by atoms with Gasteiger partial charge in [0.25, 0.3) is 0 Å². The highest BCUT2D eigenvalue weighted by molar-refractivity contribution is 7.98. The zero-order valence-electron chi connectivity index (χ0n) is 19.5. The van der Waals surface area contributed by atoms with E-state index in [1.807, 2.05) is 13.2 Å². The third kappa shape index (κ3) is 4.94. The van der Waals surface area contributed by atoms with Gasteiger partial charge in [0.05, 0.1) is 48.9 Å². The van der Waals surface area contributed by atoms with Gasteiger partial charge in [-0.15, -0.1) is 0 Å². The minimum Gasteiger partial charge on any atom is -0.378 e. The fraction of sp³-hybridized carbons (Fsp3) is 0.417. The number of H-pyrrole nitrogens is 1. The second-order valence-electron chi connectivity index (χ2n) is 8.70. The van der Waals surface area contributed by atoms with Crippen LogP contribution in [-0.2, 0) is 19.0 Å². The van der Waals surface area contributed by atoms with Crippen LogP contribution in [0, 0.1) is 11.2 Å². The van der Waals surface area contributed by atoms with Gasteiger partial charge in [0, 0.05) is 24.8 Å². The average Bonchev–Trinajstić information content (AvgIpc) is 3.35. The Morgan fingerprint density at radius 2 is 1.86 bits per heavy atom. The number of imidazole rings is 1. The molecule has 11 heteroatoms. The Labute approximate surface area is 206 Å². The zero-order valence-corrected chi connectivity index (χ0v) is 20.3. The van der Waals surface area contributed by atoms with E-state index in [0.717, 1.165) is 5.56 Å².